The molecule has 0 aliphatic rings. The SMILES string of the molecule is CC(C)=CCNCc1cccs1. The Hall–Kier alpha value is -0.600. The van der Waals surface area contributed by atoms with E-state index in [1.165, 1.54) is 10.5 Å². The zero-order chi connectivity index (χ0) is 8.81. The third kappa shape index (κ3) is 3.69. The molecule has 0 saturated heterocycles. The van der Waals surface area contributed by atoms with Crippen LogP contribution in [0.3, 0.4) is 0 Å². The number of thiophene rings is 1. The highest BCUT2D eigenvalue weighted by Crippen LogP contribution is 2.06. The van der Waals surface area contributed by atoms with Gasteiger partial charge in [0.1, 0.15) is 0 Å². The van der Waals surface area contributed by atoms with Crippen molar-refractivity contribution in [3.8, 4) is 0 Å². The van der Waals surface area contributed by atoms with Gasteiger partial charge in [0.15, 0.2) is 0 Å². The van der Waals surface area contributed by atoms with E-state index in [9.17, 15) is 0 Å². The van der Waals surface area contributed by atoms with Gasteiger partial charge >= 0.3 is 0 Å². The van der Waals surface area contributed by atoms with Crippen molar-refractivity contribution in [1.82, 2.24) is 5.32 Å². The van der Waals surface area contributed by atoms with Crippen LogP contribution >= 0.6 is 11.3 Å². The molecular weight excluding hydrogens is 166 g/mol. The summed E-state index contributed by atoms with van der Waals surface area (Å²) in [6, 6.07) is 4.24. The first kappa shape index (κ1) is 9.49. The highest BCUT2D eigenvalue weighted by atomic mass is 32.1. The van der Waals surface area contributed by atoms with Crippen LogP contribution in [0.1, 0.15) is 18.7 Å². The lowest BCUT2D eigenvalue weighted by Crippen LogP contribution is -2.11. The summed E-state index contributed by atoms with van der Waals surface area (Å²) in [5.74, 6) is 0. The fourth-order valence-corrected chi connectivity index (χ4v) is 1.56. The average Bonchev–Trinajstić information content (AvgIpc) is 2.49. The van der Waals surface area contributed by atoms with Gasteiger partial charge in [-0.15, -0.1) is 11.3 Å². The molecular formula is C10H15NS. The maximum absolute atomic E-state index is 3.35. The minimum absolute atomic E-state index is 0.972. The number of allylic oxidation sites excluding steroid dienone is 1. The molecule has 1 N–H and O–H groups in total. The highest BCUT2D eigenvalue weighted by Gasteiger charge is 1.89. The van der Waals surface area contributed by atoms with Crippen LogP contribution in [0.2, 0.25) is 0 Å². The summed E-state index contributed by atoms with van der Waals surface area (Å²) in [7, 11) is 0. The first-order chi connectivity index (χ1) is 5.79. The average molecular weight is 181 g/mol. The molecule has 1 heterocycles. The first-order valence-electron chi connectivity index (χ1n) is 4.15. The zero-order valence-electron chi connectivity index (χ0n) is 7.63. The van der Waals surface area contributed by atoms with Crippen molar-refractivity contribution in [2.45, 2.75) is 20.4 Å². The number of hydrogen-bond acceptors (Lipinski definition) is 2. The topological polar surface area (TPSA) is 12.0 Å². The van der Waals surface area contributed by atoms with Crippen LogP contribution in [0.15, 0.2) is 29.2 Å². The summed E-state index contributed by atoms with van der Waals surface area (Å²) in [5.41, 5.74) is 1.37. The second-order valence-corrected chi connectivity index (χ2v) is 4.02. The molecule has 0 atom stereocenters. The molecule has 1 rings (SSSR count). The van der Waals surface area contributed by atoms with Crippen molar-refractivity contribution in [2.75, 3.05) is 6.54 Å². The fraction of sp³-hybridized carbons (Fsp3) is 0.400. The molecule has 0 aliphatic carbocycles. The summed E-state index contributed by atoms with van der Waals surface area (Å²) in [4.78, 5) is 1.40. The van der Waals surface area contributed by atoms with Crippen molar-refractivity contribution in [1.29, 1.82) is 0 Å². The Labute approximate surface area is 78.1 Å². The van der Waals surface area contributed by atoms with E-state index < -0.39 is 0 Å². The van der Waals surface area contributed by atoms with Crippen LogP contribution in [0.25, 0.3) is 0 Å². The van der Waals surface area contributed by atoms with Crippen molar-refractivity contribution in [3.05, 3.63) is 34.0 Å². The molecule has 2 heteroatoms. The van der Waals surface area contributed by atoms with Crippen LogP contribution < -0.4 is 5.32 Å². The van der Waals surface area contributed by atoms with Gasteiger partial charge in [0.05, 0.1) is 0 Å². The zero-order valence-corrected chi connectivity index (χ0v) is 8.45. The lowest BCUT2D eigenvalue weighted by molar-refractivity contribution is 0.767. The molecule has 0 spiro atoms. The molecule has 1 nitrogen and oxygen atoms in total. The molecule has 12 heavy (non-hydrogen) atoms. The second-order valence-electron chi connectivity index (χ2n) is 2.99. The molecule has 1 aromatic heterocycles. The monoisotopic (exact) mass is 181 g/mol. The Balaban J connectivity index is 2.16. The Morgan fingerprint density at radius 1 is 1.58 bits per heavy atom. The Kier molecular flexibility index (Phi) is 4.05. The fourth-order valence-electron chi connectivity index (χ4n) is 0.885. The van der Waals surface area contributed by atoms with Crippen LogP contribution in [0, 0.1) is 0 Å². The summed E-state index contributed by atoms with van der Waals surface area (Å²) >= 11 is 1.80. The quantitative estimate of drug-likeness (QED) is 0.556. The van der Waals surface area contributed by atoms with Gasteiger partial charge in [0, 0.05) is 18.0 Å². The van der Waals surface area contributed by atoms with Crippen molar-refractivity contribution < 1.29 is 0 Å². The van der Waals surface area contributed by atoms with Crippen LogP contribution in [-0.4, -0.2) is 6.54 Å². The maximum Gasteiger partial charge on any atom is 0.0302 e. The van der Waals surface area contributed by atoms with Gasteiger partial charge in [-0.25, -0.2) is 0 Å². The van der Waals surface area contributed by atoms with Gasteiger partial charge in [-0.3, -0.25) is 0 Å². The van der Waals surface area contributed by atoms with Crippen molar-refractivity contribution in [2.24, 2.45) is 0 Å². The molecule has 0 bridgehead atoms. The summed E-state index contributed by atoms with van der Waals surface area (Å²) < 4.78 is 0. The Morgan fingerprint density at radius 3 is 3.00 bits per heavy atom. The number of hydrogen-bond donors (Lipinski definition) is 1. The van der Waals surface area contributed by atoms with E-state index in [0.717, 1.165) is 13.1 Å². The lowest BCUT2D eigenvalue weighted by Gasteiger charge is -1.98. The summed E-state index contributed by atoms with van der Waals surface area (Å²) in [6.07, 6.45) is 2.20. The van der Waals surface area contributed by atoms with E-state index in [0.29, 0.717) is 0 Å². The van der Waals surface area contributed by atoms with Gasteiger partial charge < -0.3 is 5.32 Å². The summed E-state index contributed by atoms with van der Waals surface area (Å²) in [5, 5.41) is 5.46. The molecule has 0 amide bonds. The van der Waals surface area contributed by atoms with Crippen LogP contribution in [0.4, 0.5) is 0 Å². The molecule has 66 valence electrons. The van der Waals surface area contributed by atoms with Gasteiger partial charge in [-0.05, 0) is 25.3 Å². The molecule has 0 aliphatic heterocycles. The second kappa shape index (κ2) is 5.12. The third-order valence-electron chi connectivity index (χ3n) is 1.53. The van der Waals surface area contributed by atoms with Gasteiger partial charge in [0.25, 0.3) is 0 Å². The smallest absolute Gasteiger partial charge is 0.0302 e. The lowest BCUT2D eigenvalue weighted by atomic mass is 10.3. The minimum Gasteiger partial charge on any atom is -0.308 e. The highest BCUT2D eigenvalue weighted by molar-refractivity contribution is 7.09. The van der Waals surface area contributed by atoms with Crippen molar-refractivity contribution in [3.63, 3.8) is 0 Å². The normalized spacial score (nSPS) is 9.83. The Bertz CT molecular complexity index is 232. The van der Waals surface area contributed by atoms with Crippen LogP contribution in [0.5, 0.6) is 0 Å². The maximum atomic E-state index is 3.35. The predicted molar refractivity (Wildman–Crippen MR) is 55.5 cm³/mol. The summed E-state index contributed by atoms with van der Waals surface area (Å²) in [6.45, 7) is 6.20. The molecule has 0 fully saturated rings. The number of rotatable bonds is 4. The van der Waals surface area contributed by atoms with E-state index >= 15 is 0 Å². The standard InChI is InChI=1S/C10H15NS/c1-9(2)5-6-11-8-10-4-3-7-12-10/h3-5,7,11H,6,8H2,1-2H3. The van der Waals surface area contributed by atoms with E-state index in [4.69, 9.17) is 0 Å². The molecule has 0 saturated carbocycles. The van der Waals surface area contributed by atoms with Crippen molar-refractivity contribution >= 4 is 11.3 Å². The Morgan fingerprint density at radius 2 is 2.42 bits per heavy atom. The minimum atomic E-state index is 0.972. The molecule has 0 aromatic carbocycles. The van der Waals surface area contributed by atoms with Crippen LogP contribution in [-0.2, 0) is 6.54 Å². The first-order valence-corrected chi connectivity index (χ1v) is 5.03. The largest absolute Gasteiger partial charge is 0.308 e. The predicted octanol–water partition coefficient (Wildman–Crippen LogP) is 2.80. The van der Waals surface area contributed by atoms with E-state index in [-0.39, 0.29) is 0 Å². The van der Waals surface area contributed by atoms with Gasteiger partial charge in [-0.1, -0.05) is 17.7 Å². The van der Waals surface area contributed by atoms with Gasteiger partial charge in [0.2, 0.25) is 0 Å². The van der Waals surface area contributed by atoms with E-state index in [1.807, 2.05) is 0 Å². The molecule has 1 aromatic rings. The van der Waals surface area contributed by atoms with Gasteiger partial charge in [-0.2, -0.15) is 0 Å². The van der Waals surface area contributed by atoms with E-state index in [1.54, 1.807) is 11.3 Å². The third-order valence-corrected chi connectivity index (χ3v) is 2.41. The molecule has 0 radical (unpaired) electrons. The van der Waals surface area contributed by atoms with E-state index in [2.05, 4.69) is 42.8 Å². The number of nitrogens with one attached hydrogen (secondary N) is 1. The molecule has 0 unspecified atom stereocenters.